The smallest absolute Gasteiger partial charge is 0.461 e. The van der Waals surface area contributed by atoms with E-state index in [1.807, 2.05) is 0 Å². The lowest BCUT2D eigenvalue weighted by Crippen LogP contribution is -2.47. The van der Waals surface area contributed by atoms with Crippen LogP contribution in [0.2, 0.25) is 0 Å². The van der Waals surface area contributed by atoms with Crippen molar-refractivity contribution in [1.82, 2.24) is 4.90 Å². The Morgan fingerprint density at radius 3 is 2.67 bits per heavy atom. The molecule has 5 aliphatic rings. The third-order valence-electron chi connectivity index (χ3n) is 9.89. The van der Waals surface area contributed by atoms with E-state index < -0.39 is 23.5 Å². The first-order chi connectivity index (χ1) is 17.5. The first-order valence-electron chi connectivity index (χ1n) is 13.6. The molecule has 4 saturated carbocycles. The summed E-state index contributed by atoms with van der Waals surface area (Å²) in [5.41, 5.74) is -0.393. The fraction of sp³-hybridized carbons (Fsp3) is 0.714. The van der Waals surface area contributed by atoms with Crippen molar-refractivity contribution < 1.29 is 32.9 Å². The second-order valence-electron chi connectivity index (χ2n) is 11.4. The van der Waals surface area contributed by atoms with E-state index in [-0.39, 0.29) is 17.9 Å². The number of morpholine rings is 1. The molecule has 1 aromatic carbocycles. The number of halogens is 1. The molecule has 1 heterocycles. The van der Waals surface area contributed by atoms with Crippen molar-refractivity contribution in [2.24, 2.45) is 35.5 Å². The quantitative estimate of drug-likeness (QED) is 0.305. The Balaban J connectivity index is 1.07. The lowest BCUT2D eigenvalue weighted by Gasteiger charge is -2.45. The van der Waals surface area contributed by atoms with E-state index >= 15 is 0 Å². The molecule has 7 nitrogen and oxygen atoms in total. The largest absolute Gasteiger partial charge is 0.514 e. The number of hydrogen-bond donors (Lipinski definition) is 0. The minimum Gasteiger partial charge on any atom is -0.461 e. The number of carbonyl (C=O) groups is 2. The Kier molecular flexibility index (Phi) is 6.44. The third kappa shape index (κ3) is 4.20. The van der Waals surface area contributed by atoms with E-state index in [0.717, 1.165) is 56.2 Å². The van der Waals surface area contributed by atoms with E-state index in [2.05, 4.69) is 11.8 Å². The summed E-state index contributed by atoms with van der Waals surface area (Å²) in [6.07, 6.45) is 5.87. The molecule has 6 rings (SSSR count). The maximum atomic E-state index is 14.5. The van der Waals surface area contributed by atoms with Crippen LogP contribution in [-0.2, 0) is 14.2 Å². The van der Waals surface area contributed by atoms with Gasteiger partial charge in [-0.25, -0.2) is 14.0 Å². The van der Waals surface area contributed by atoms with Crippen LogP contribution < -0.4 is 4.74 Å². The molecule has 0 aromatic heterocycles. The Morgan fingerprint density at radius 1 is 1.11 bits per heavy atom. The van der Waals surface area contributed by atoms with Crippen LogP contribution in [0.25, 0.3) is 0 Å². The van der Waals surface area contributed by atoms with Crippen LogP contribution in [0.5, 0.6) is 5.75 Å². The van der Waals surface area contributed by atoms with E-state index in [9.17, 15) is 14.0 Å². The average Bonchev–Trinajstić information content (AvgIpc) is 3.66. The Bertz CT molecular complexity index is 1010. The maximum absolute atomic E-state index is 14.5. The van der Waals surface area contributed by atoms with E-state index in [4.69, 9.17) is 18.9 Å². The van der Waals surface area contributed by atoms with Crippen molar-refractivity contribution in [3.63, 3.8) is 0 Å². The Morgan fingerprint density at radius 2 is 1.89 bits per heavy atom. The van der Waals surface area contributed by atoms with Gasteiger partial charge in [0.15, 0.2) is 11.6 Å². The Labute approximate surface area is 211 Å². The second-order valence-corrected chi connectivity index (χ2v) is 11.4. The lowest BCUT2D eigenvalue weighted by molar-refractivity contribution is -0.0877. The molecule has 1 aromatic rings. The zero-order valence-corrected chi connectivity index (χ0v) is 21.0. The molecule has 0 N–H and O–H groups in total. The second kappa shape index (κ2) is 9.60. The van der Waals surface area contributed by atoms with Gasteiger partial charge in [-0.1, -0.05) is 6.92 Å². The van der Waals surface area contributed by atoms with Gasteiger partial charge < -0.3 is 18.9 Å². The Hall–Kier alpha value is -2.19. The molecule has 0 radical (unpaired) electrons. The molecule has 1 aliphatic heterocycles. The molecule has 5 fully saturated rings. The number of ether oxygens (including phenoxy) is 4. The number of fused-ring (bicyclic) bond motifs is 9. The standard InChI is InChI=1S/C28H36FNO6/c1-2-28(16-20-14-21(28)25-18-4-3-17(13-18)24(20)25)36-27(32)35-23-15-19(5-6-22(23)29)26(31)34-12-9-30-7-10-33-11-8-30/h5-6,15,17-18,20-21,24-25H,2-4,7-14,16H2,1H3. The van der Waals surface area contributed by atoms with Gasteiger partial charge in [-0.15, -0.1) is 0 Å². The predicted molar refractivity (Wildman–Crippen MR) is 128 cm³/mol. The molecule has 0 spiro atoms. The van der Waals surface area contributed by atoms with Crippen LogP contribution in [-0.4, -0.2) is 62.1 Å². The summed E-state index contributed by atoms with van der Waals surface area (Å²) < 4.78 is 36.5. The molecule has 7 atom stereocenters. The van der Waals surface area contributed by atoms with Crippen molar-refractivity contribution in [3.05, 3.63) is 29.6 Å². The highest BCUT2D eigenvalue weighted by Crippen LogP contribution is 2.70. The first kappa shape index (κ1) is 24.2. The van der Waals surface area contributed by atoms with Crippen molar-refractivity contribution in [1.29, 1.82) is 0 Å². The van der Waals surface area contributed by atoms with Crippen LogP contribution in [0.3, 0.4) is 0 Å². The lowest BCUT2D eigenvalue weighted by atomic mass is 9.65. The molecule has 7 unspecified atom stereocenters. The molecule has 196 valence electrons. The molecule has 8 heteroatoms. The summed E-state index contributed by atoms with van der Waals surface area (Å²) in [5, 5.41) is 0. The SMILES string of the molecule is CCC1(OC(=O)Oc2cc(C(=O)OCCN3CCOCC3)ccc2F)CC2CC1C1C3CCC(C3)C21. The van der Waals surface area contributed by atoms with Gasteiger partial charge in [0.05, 0.1) is 18.8 Å². The number of rotatable bonds is 7. The van der Waals surface area contributed by atoms with Crippen molar-refractivity contribution in [2.75, 3.05) is 39.5 Å². The minimum atomic E-state index is -0.888. The fourth-order valence-electron chi connectivity index (χ4n) is 8.45. The van der Waals surface area contributed by atoms with Gasteiger partial charge >= 0.3 is 12.1 Å². The number of benzene rings is 1. The fourth-order valence-corrected chi connectivity index (χ4v) is 8.45. The number of nitrogens with zero attached hydrogens (tertiary/aromatic N) is 1. The van der Waals surface area contributed by atoms with E-state index in [1.165, 1.54) is 31.4 Å². The van der Waals surface area contributed by atoms with Crippen molar-refractivity contribution >= 4 is 12.1 Å². The molecule has 0 amide bonds. The molecule has 4 aliphatic carbocycles. The summed E-state index contributed by atoms with van der Waals surface area (Å²) in [7, 11) is 0. The van der Waals surface area contributed by atoms with E-state index in [1.54, 1.807) is 0 Å². The van der Waals surface area contributed by atoms with E-state index in [0.29, 0.717) is 37.5 Å². The summed E-state index contributed by atoms with van der Waals surface area (Å²) in [6.45, 7) is 5.86. The van der Waals surface area contributed by atoms with Crippen molar-refractivity contribution in [3.8, 4) is 5.75 Å². The third-order valence-corrected chi connectivity index (χ3v) is 9.89. The van der Waals surface area contributed by atoms with Gasteiger partial charge in [0.25, 0.3) is 0 Å². The molecular formula is C28H36FNO6. The topological polar surface area (TPSA) is 74.3 Å². The highest BCUT2D eigenvalue weighted by Gasteiger charge is 2.67. The van der Waals surface area contributed by atoms with Crippen LogP contribution in [0.4, 0.5) is 9.18 Å². The average molecular weight is 502 g/mol. The highest BCUT2D eigenvalue weighted by molar-refractivity contribution is 5.90. The molecule has 1 saturated heterocycles. The van der Waals surface area contributed by atoms with Crippen molar-refractivity contribution in [2.45, 2.75) is 51.0 Å². The predicted octanol–water partition coefficient (Wildman–Crippen LogP) is 4.68. The van der Waals surface area contributed by atoms with Gasteiger partial charge in [-0.3, -0.25) is 4.90 Å². The molecule has 4 bridgehead atoms. The summed E-state index contributed by atoms with van der Waals surface area (Å²) in [6, 6.07) is 3.68. The summed E-state index contributed by atoms with van der Waals surface area (Å²) >= 11 is 0. The molecular weight excluding hydrogens is 465 g/mol. The maximum Gasteiger partial charge on any atom is 0.514 e. The van der Waals surface area contributed by atoms with Gasteiger partial charge in [-0.2, -0.15) is 0 Å². The van der Waals surface area contributed by atoms with Gasteiger partial charge in [0.2, 0.25) is 0 Å². The van der Waals surface area contributed by atoms with Gasteiger partial charge in [-0.05, 0) is 86.3 Å². The summed E-state index contributed by atoms with van der Waals surface area (Å²) in [4.78, 5) is 27.6. The number of hydrogen-bond acceptors (Lipinski definition) is 7. The zero-order valence-electron chi connectivity index (χ0n) is 21.0. The summed E-state index contributed by atoms with van der Waals surface area (Å²) in [5.74, 6) is 2.47. The van der Waals surface area contributed by atoms with Gasteiger partial charge in [0.1, 0.15) is 12.2 Å². The van der Waals surface area contributed by atoms with Crippen LogP contribution in [0.1, 0.15) is 55.8 Å². The van der Waals surface area contributed by atoms with Gasteiger partial charge in [0, 0.05) is 25.6 Å². The molecule has 36 heavy (non-hydrogen) atoms. The number of carbonyl (C=O) groups excluding carboxylic acids is 2. The normalized spacial score (nSPS) is 36.6. The highest BCUT2D eigenvalue weighted by atomic mass is 19.1. The van der Waals surface area contributed by atoms with Crippen LogP contribution in [0.15, 0.2) is 18.2 Å². The minimum absolute atomic E-state index is 0.135. The van der Waals surface area contributed by atoms with Crippen LogP contribution >= 0.6 is 0 Å². The zero-order chi connectivity index (χ0) is 24.9. The number of esters is 1. The first-order valence-corrected chi connectivity index (χ1v) is 13.6. The monoisotopic (exact) mass is 501 g/mol. The van der Waals surface area contributed by atoms with Crippen LogP contribution in [0, 0.1) is 41.3 Å².